The molecule has 0 aliphatic carbocycles. The maximum Gasteiger partial charge on any atom is 0.322 e. The number of carboxylic acids is 1. The molecular formula is C10H10N2O5S. The smallest absolute Gasteiger partial charge is 0.322 e. The molecule has 8 heteroatoms. The van der Waals surface area contributed by atoms with Crippen LogP contribution in [0.25, 0.3) is 0 Å². The Morgan fingerprint density at radius 2 is 2.00 bits per heavy atom. The molecule has 0 radical (unpaired) electrons. The van der Waals surface area contributed by atoms with Crippen molar-refractivity contribution < 1.29 is 22.5 Å². The maximum absolute atomic E-state index is 11.6. The van der Waals surface area contributed by atoms with E-state index in [1.165, 1.54) is 24.3 Å². The molecule has 0 aliphatic rings. The lowest BCUT2D eigenvalue weighted by Gasteiger charge is -2.08. The molecule has 0 heterocycles. The molecule has 1 atom stereocenters. The molecule has 1 rings (SSSR count). The van der Waals surface area contributed by atoms with Crippen molar-refractivity contribution in [2.24, 2.45) is 5.73 Å². The van der Waals surface area contributed by atoms with E-state index in [9.17, 15) is 13.2 Å². The first-order chi connectivity index (χ1) is 8.36. The van der Waals surface area contributed by atoms with Crippen LogP contribution in [-0.4, -0.2) is 32.1 Å². The van der Waals surface area contributed by atoms with Gasteiger partial charge in [0.2, 0.25) is 0 Å². The molecule has 18 heavy (non-hydrogen) atoms. The summed E-state index contributed by atoms with van der Waals surface area (Å²) in [6.07, 6.45) is 0. The van der Waals surface area contributed by atoms with Crippen molar-refractivity contribution >= 4 is 16.1 Å². The number of aliphatic carboxylic acids is 1. The van der Waals surface area contributed by atoms with E-state index >= 15 is 0 Å². The number of benzene rings is 1. The van der Waals surface area contributed by atoms with Crippen LogP contribution in [0, 0.1) is 11.3 Å². The highest BCUT2D eigenvalue weighted by Gasteiger charge is 2.19. The summed E-state index contributed by atoms with van der Waals surface area (Å²) < 4.78 is 27.7. The summed E-state index contributed by atoms with van der Waals surface area (Å²) in [6, 6.07) is 5.43. The minimum Gasteiger partial charge on any atom is -0.480 e. The Labute approximate surface area is 104 Å². The number of carbonyl (C=O) groups is 1. The predicted octanol–water partition coefficient (Wildman–Crippen LogP) is -0.325. The van der Waals surface area contributed by atoms with Gasteiger partial charge in [0.15, 0.2) is 0 Å². The number of carboxylic acid groups (broad SMARTS) is 1. The Morgan fingerprint density at radius 3 is 2.44 bits per heavy atom. The van der Waals surface area contributed by atoms with E-state index in [0.717, 1.165) is 0 Å². The van der Waals surface area contributed by atoms with Gasteiger partial charge in [-0.15, -0.1) is 0 Å². The van der Waals surface area contributed by atoms with Crippen LogP contribution in [-0.2, 0) is 19.1 Å². The zero-order chi connectivity index (χ0) is 13.8. The fourth-order valence-corrected chi connectivity index (χ4v) is 1.93. The highest BCUT2D eigenvalue weighted by atomic mass is 32.2. The second-order valence-corrected chi connectivity index (χ2v) is 4.93. The Bertz CT molecular complexity index is 573. The summed E-state index contributed by atoms with van der Waals surface area (Å²) in [5.41, 5.74) is 5.42. The monoisotopic (exact) mass is 270 g/mol. The first-order valence-corrected chi connectivity index (χ1v) is 6.15. The largest absolute Gasteiger partial charge is 0.480 e. The first kappa shape index (κ1) is 14.1. The number of hydrogen-bond acceptors (Lipinski definition) is 6. The van der Waals surface area contributed by atoms with Gasteiger partial charge in [0.25, 0.3) is 10.1 Å². The maximum atomic E-state index is 11.6. The van der Waals surface area contributed by atoms with Crippen LogP contribution in [0.15, 0.2) is 29.2 Å². The predicted molar refractivity (Wildman–Crippen MR) is 59.9 cm³/mol. The highest BCUT2D eigenvalue weighted by Crippen LogP contribution is 2.13. The molecule has 0 unspecified atom stereocenters. The van der Waals surface area contributed by atoms with Crippen molar-refractivity contribution in [2.45, 2.75) is 10.9 Å². The van der Waals surface area contributed by atoms with Gasteiger partial charge in [0, 0.05) is 0 Å². The Morgan fingerprint density at radius 1 is 1.44 bits per heavy atom. The molecule has 0 fully saturated rings. The Hall–Kier alpha value is -1.95. The minimum atomic E-state index is -4.07. The summed E-state index contributed by atoms with van der Waals surface area (Å²) >= 11 is 0. The molecule has 7 nitrogen and oxygen atoms in total. The molecule has 0 aromatic heterocycles. The van der Waals surface area contributed by atoms with Gasteiger partial charge in [-0.25, -0.2) is 0 Å². The van der Waals surface area contributed by atoms with Gasteiger partial charge in [0.1, 0.15) is 6.04 Å². The number of nitrogens with two attached hydrogens (primary N) is 1. The molecule has 96 valence electrons. The Balaban J connectivity index is 2.80. The molecule has 0 saturated carbocycles. The van der Waals surface area contributed by atoms with Gasteiger partial charge in [-0.1, -0.05) is 0 Å². The number of nitriles is 1. The van der Waals surface area contributed by atoms with Crippen molar-refractivity contribution in [1.82, 2.24) is 0 Å². The second-order valence-electron chi connectivity index (χ2n) is 3.32. The lowest BCUT2D eigenvalue weighted by molar-refractivity contribution is -0.139. The lowest BCUT2D eigenvalue weighted by atomic mass is 10.2. The summed E-state index contributed by atoms with van der Waals surface area (Å²) in [6.45, 7) is -0.655. The molecule has 1 aromatic carbocycles. The topological polar surface area (TPSA) is 130 Å². The van der Waals surface area contributed by atoms with E-state index in [4.69, 9.17) is 16.1 Å². The molecule has 0 spiro atoms. The Kier molecular flexibility index (Phi) is 4.38. The summed E-state index contributed by atoms with van der Waals surface area (Å²) in [5.74, 6) is -1.36. The van der Waals surface area contributed by atoms with Crippen molar-refractivity contribution in [3.05, 3.63) is 29.8 Å². The van der Waals surface area contributed by atoms with Crippen LogP contribution in [0.5, 0.6) is 0 Å². The molecule has 0 aliphatic heterocycles. The van der Waals surface area contributed by atoms with Gasteiger partial charge in [0.05, 0.1) is 23.1 Å². The van der Waals surface area contributed by atoms with Crippen LogP contribution >= 0.6 is 0 Å². The molecule has 3 N–H and O–H groups in total. The van der Waals surface area contributed by atoms with E-state index in [1.807, 2.05) is 6.07 Å². The average Bonchev–Trinajstić information content (AvgIpc) is 2.36. The average molecular weight is 270 g/mol. The SMILES string of the molecule is N#Cc1ccc(S(=O)(=O)OC[C@H](N)C(=O)O)cc1. The molecule has 1 aromatic rings. The standard InChI is InChI=1S/C10H10N2O5S/c11-5-7-1-3-8(4-2-7)18(15,16)17-6-9(12)10(13)14/h1-4,9H,6,12H2,(H,13,14)/t9-/m0/s1. The van der Waals surface area contributed by atoms with Gasteiger partial charge in [-0.05, 0) is 24.3 Å². The molecule has 0 amide bonds. The third-order valence-electron chi connectivity index (χ3n) is 1.99. The van der Waals surface area contributed by atoms with Crippen LogP contribution in [0.4, 0.5) is 0 Å². The zero-order valence-corrected chi connectivity index (χ0v) is 9.92. The molecule has 0 saturated heterocycles. The number of rotatable bonds is 5. The van der Waals surface area contributed by atoms with E-state index in [-0.39, 0.29) is 4.90 Å². The highest BCUT2D eigenvalue weighted by molar-refractivity contribution is 7.86. The fourth-order valence-electron chi connectivity index (χ4n) is 0.998. The number of hydrogen-bond donors (Lipinski definition) is 2. The zero-order valence-electron chi connectivity index (χ0n) is 9.11. The van der Waals surface area contributed by atoms with Gasteiger partial charge in [-0.2, -0.15) is 13.7 Å². The van der Waals surface area contributed by atoms with Crippen LogP contribution in [0.3, 0.4) is 0 Å². The van der Waals surface area contributed by atoms with Crippen LogP contribution in [0.2, 0.25) is 0 Å². The number of nitrogens with zero attached hydrogens (tertiary/aromatic N) is 1. The van der Waals surface area contributed by atoms with Crippen LogP contribution in [0.1, 0.15) is 5.56 Å². The van der Waals surface area contributed by atoms with Gasteiger partial charge >= 0.3 is 5.97 Å². The van der Waals surface area contributed by atoms with E-state index in [2.05, 4.69) is 4.18 Å². The molecule has 0 bridgehead atoms. The van der Waals surface area contributed by atoms with E-state index < -0.39 is 28.7 Å². The van der Waals surface area contributed by atoms with Crippen molar-refractivity contribution in [2.75, 3.05) is 6.61 Å². The third kappa shape index (κ3) is 3.53. The van der Waals surface area contributed by atoms with Gasteiger partial charge < -0.3 is 10.8 Å². The van der Waals surface area contributed by atoms with Gasteiger partial charge in [-0.3, -0.25) is 8.98 Å². The first-order valence-electron chi connectivity index (χ1n) is 4.75. The van der Waals surface area contributed by atoms with Crippen molar-refractivity contribution in [1.29, 1.82) is 5.26 Å². The lowest BCUT2D eigenvalue weighted by Crippen LogP contribution is -2.35. The van der Waals surface area contributed by atoms with E-state index in [0.29, 0.717) is 5.56 Å². The molecular weight excluding hydrogens is 260 g/mol. The van der Waals surface area contributed by atoms with Crippen molar-refractivity contribution in [3.8, 4) is 6.07 Å². The fraction of sp³-hybridized carbons (Fsp3) is 0.200. The minimum absolute atomic E-state index is 0.168. The van der Waals surface area contributed by atoms with E-state index in [1.54, 1.807) is 0 Å². The normalized spacial score (nSPS) is 12.7. The summed E-state index contributed by atoms with van der Waals surface area (Å²) in [4.78, 5) is 10.2. The quantitative estimate of drug-likeness (QED) is 0.700. The summed E-state index contributed by atoms with van der Waals surface area (Å²) in [7, 11) is -4.07. The summed E-state index contributed by atoms with van der Waals surface area (Å²) in [5, 5.41) is 17.0. The second kappa shape index (κ2) is 5.59. The van der Waals surface area contributed by atoms with Crippen molar-refractivity contribution in [3.63, 3.8) is 0 Å². The van der Waals surface area contributed by atoms with Crippen LogP contribution < -0.4 is 5.73 Å². The third-order valence-corrected chi connectivity index (χ3v) is 3.29.